The summed E-state index contributed by atoms with van der Waals surface area (Å²) in [5.41, 5.74) is 0.592. The van der Waals surface area contributed by atoms with E-state index in [1.54, 1.807) is 13.0 Å². The lowest BCUT2D eigenvalue weighted by atomic mass is 10.1. The number of carboxylic acid groups (broad SMARTS) is 1. The Hall–Kier alpha value is -1.55. The van der Waals surface area contributed by atoms with Gasteiger partial charge >= 0.3 is 5.97 Å². The summed E-state index contributed by atoms with van der Waals surface area (Å²) in [4.78, 5) is 12.0. The van der Waals surface area contributed by atoms with Crippen LogP contribution in [-0.2, 0) is 0 Å². The second-order valence-electron chi connectivity index (χ2n) is 3.47. The molecule has 0 saturated carbocycles. The van der Waals surface area contributed by atoms with E-state index in [2.05, 4.69) is 0 Å². The fourth-order valence-corrected chi connectivity index (χ4v) is 2.58. The first-order chi connectivity index (χ1) is 7.00. The number of aryl methyl sites for hydroxylation is 1. The Morgan fingerprint density at radius 2 is 2.00 bits per heavy atom. The van der Waals surface area contributed by atoms with Gasteiger partial charge in [-0.1, -0.05) is 0 Å². The highest BCUT2D eigenvalue weighted by molar-refractivity contribution is 7.19. The first-order valence-corrected chi connectivity index (χ1v) is 5.28. The summed E-state index contributed by atoms with van der Waals surface area (Å²) in [5.74, 6) is -0.926. The Bertz CT molecular complexity index is 554. The van der Waals surface area contributed by atoms with E-state index in [1.165, 1.54) is 11.3 Å². The maximum Gasteiger partial charge on any atom is 0.336 e. The molecule has 0 aliphatic carbocycles. The highest BCUT2D eigenvalue weighted by Crippen LogP contribution is 2.36. The molecule has 0 unspecified atom stereocenters. The van der Waals surface area contributed by atoms with Crippen LogP contribution in [0.1, 0.15) is 20.8 Å². The standard InChI is InChI=1S/C11H10O3S/c1-5-3-8-9(15-5)4-7(11(13)14)6(2)10(8)12/h3-4,12H,1-2H3,(H,13,14). The topological polar surface area (TPSA) is 57.5 Å². The first kappa shape index (κ1) is 9.98. The van der Waals surface area contributed by atoms with Crippen LogP contribution in [0.4, 0.5) is 0 Å². The van der Waals surface area contributed by atoms with E-state index in [4.69, 9.17) is 5.11 Å². The predicted molar refractivity (Wildman–Crippen MR) is 59.9 cm³/mol. The van der Waals surface area contributed by atoms with E-state index >= 15 is 0 Å². The zero-order valence-corrected chi connectivity index (χ0v) is 9.18. The molecule has 0 spiro atoms. The minimum Gasteiger partial charge on any atom is -0.507 e. The third-order valence-corrected chi connectivity index (χ3v) is 3.40. The number of phenols is 1. The van der Waals surface area contributed by atoms with Crippen molar-refractivity contribution in [2.45, 2.75) is 13.8 Å². The van der Waals surface area contributed by atoms with Crippen LogP contribution in [0.3, 0.4) is 0 Å². The molecule has 0 aliphatic rings. The molecule has 0 atom stereocenters. The number of hydrogen-bond donors (Lipinski definition) is 2. The molecule has 0 radical (unpaired) electrons. The average molecular weight is 222 g/mol. The maximum absolute atomic E-state index is 10.9. The van der Waals surface area contributed by atoms with Gasteiger partial charge in [0.2, 0.25) is 0 Å². The van der Waals surface area contributed by atoms with Crippen LogP contribution in [0, 0.1) is 13.8 Å². The number of carbonyl (C=O) groups is 1. The Morgan fingerprint density at radius 1 is 1.33 bits per heavy atom. The van der Waals surface area contributed by atoms with Crippen LogP contribution in [0.5, 0.6) is 5.75 Å². The molecule has 0 amide bonds. The number of rotatable bonds is 1. The second kappa shape index (κ2) is 3.24. The molecular formula is C11H10O3S. The quantitative estimate of drug-likeness (QED) is 0.780. The van der Waals surface area contributed by atoms with Gasteiger partial charge in [0.25, 0.3) is 0 Å². The number of carboxylic acids is 1. The number of benzene rings is 1. The highest BCUT2D eigenvalue weighted by atomic mass is 32.1. The van der Waals surface area contributed by atoms with Crippen molar-refractivity contribution in [3.8, 4) is 5.75 Å². The monoisotopic (exact) mass is 222 g/mol. The molecule has 0 fully saturated rings. The largest absolute Gasteiger partial charge is 0.507 e. The molecule has 2 aromatic rings. The Labute approximate surface area is 90.6 Å². The lowest BCUT2D eigenvalue weighted by Crippen LogP contribution is -1.99. The maximum atomic E-state index is 10.9. The summed E-state index contributed by atoms with van der Waals surface area (Å²) >= 11 is 1.48. The molecule has 2 N–H and O–H groups in total. The second-order valence-corrected chi connectivity index (χ2v) is 4.76. The van der Waals surface area contributed by atoms with Gasteiger partial charge < -0.3 is 10.2 Å². The van der Waals surface area contributed by atoms with Crippen molar-refractivity contribution in [1.82, 2.24) is 0 Å². The molecule has 2 rings (SSSR count). The smallest absolute Gasteiger partial charge is 0.336 e. The highest BCUT2D eigenvalue weighted by Gasteiger charge is 2.15. The van der Waals surface area contributed by atoms with Crippen LogP contribution in [0.15, 0.2) is 12.1 Å². The summed E-state index contributed by atoms with van der Waals surface area (Å²) in [5, 5.41) is 19.5. The SMILES string of the molecule is Cc1cc2c(O)c(C)c(C(=O)O)cc2s1. The van der Waals surface area contributed by atoms with Crippen LogP contribution in [-0.4, -0.2) is 16.2 Å². The van der Waals surface area contributed by atoms with Gasteiger partial charge in [0.05, 0.1) is 5.56 Å². The number of aromatic carboxylic acids is 1. The van der Waals surface area contributed by atoms with E-state index in [0.717, 1.165) is 15.0 Å². The third kappa shape index (κ3) is 1.47. The lowest BCUT2D eigenvalue weighted by molar-refractivity contribution is 0.0696. The Balaban J connectivity index is 2.87. The fourth-order valence-electron chi connectivity index (χ4n) is 1.62. The molecule has 3 nitrogen and oxygen atoms in total. The Kier molecular flexibility index (Phi) is 2.16. The molecule has 1 heterocycles. The molecule has 1 aromatic carbocycles. The molecular weight excluding hydrogens is 212 g/mol. The Morgan fingerprint density at radius 3 is 2.60 bits per heavy atom. The predicted octanol–water partition coefficient (Wildman–Crippen LogP) is 2.92. The van der Waals surface area contributed by atoms with E-state index in [-0.39, 0.29) is 11.3 Å². The summed E-state index contributed by atoms with van der Waals surface area (Å²) < 4.78 is 0.813. The van der Waals surface area contributed by atoms with Gasteiger partial charge in [-0.3, -0.25) is 0 Å². The molecule has 4 heteroatoms. The van der Waals surface area contributed by atoms with Crippen LogP contribution < -0.4 is 0 Å². The first-order valence-electron chi connectivity index (χ1n) is 4.46. The number of thiophene rings is 1. The molecule has 0 aliphatic heterocycles. The van der Waals surface area contributed by atoms with Crippen LogP contribution in [0.2, 0.25) is 0 Å². The molecule has 0 saturated heterocycles. The lowest BCUT2D eigenvalue weighted by Gasteiger charge is -2.04. The van der Waals surface area contributed by atoms with Gasteiger partial charge in [0.1, 0.15) is 5.75 Å². The summed E-state index contributed by atoms with van der Waals surface area (Å²) in [7, 11) is 0. The van der Waals surface area contributed by atoms with Gasteiger partial charge in [-0.25, -0.2) is 4.79 Å². The molecule has 78 valence electrons. The van der Waals surface area contributed by atoms with Crippen LogP contribution in [0.25, 0.3) is 10.1 Å². The van der Waals surface area contributed by atoms with Crippen molar-refractivity contribution < 1.29 is 15.0 Å². The van der Waals surface area contributed by atoms with Crippen molar-refractivity contribution in [3.05, 3.63) is 28.1 Å². The average Bonchev–Trinajstić information content (AvgIpc) is 2.52. The van der Waals surface area contributed by atoms with Gasteiger partial charge in [-0.15, -0.1) is 11.3 Å². The van der Waals surface area contributed by atoms with E-state index in [0.29, 0.717) is 5.56 Å². The summed E-state index contributed by atoms with van der Waals surface area (Å²) in [6.07, 6.45) is 0. The van der Waals surface area contributed by atoms with Crippen molar-refractivity contribution in [2.75, 3.05) is 0 Å². The number of aromatic hydroxyl groups is 1. The van der Waals surface area contributed by atoms with Crippen molar-refractivity contribution >= 4 is 27.4 Å². The van der Waals surface area contributed by atoms with Gasteiger partial charge in [-0.2, -0.15) is 0 Å². The van der Waals surface area contributed by atoms with Gasteiger partial charge in [0.15, 0.2) is 0 Å². The normalized spacial score (nSPS) is 10.8. The number of fused-ring (bicyclic) bond motifs is 1. The van der Waals surface area contributed by atoms with Crippen molar-refractivity contribution in [3.63, 3.8) is 0 Å². The molecule has 1 aromatic heterocycles. The van der Waals surface area contributed by atoms with Gasteiger partial charge in [0, 0.05) is 20.5 Å². The zero-order chi connectivity index (χ0) is 11.2. The minimum absolute atomic E-state index is 0.0780. The summed E-state index contributed by atoms with van der Waals surface area (Å²) in [6, 6.07) is 3.48. The summed E-state index contributed by atoms with van der Waals surface area (Å²) in [6.45, 7) is 3.55. The molecule has 0 bridgehead atoms. The van der Waals surface area contributed by atoms with E-state index < -0.39 is 5.97 Å². The van der Waals surface area contributed by atoms with E-state index in [1.807, 2.05) is 13.0 Å². The zero-order valence-electron chi connectivity index (χ0n) is 8.37. The van der Waals surface area contributed by atoms with E-state index in [9.17, 15) is 9.90 Å². The van der Waals surface area contributed by atoms with Crippen molar-refractivity contribution in [2.24, 2.45) is 0 Å². The minimum atomic E-state index is -1.00. The number of phenolic OH excluding ortho intramolecular Hbond substituents is 1. The van der Waals surface area contributed by atoms with Crippen LogP contribution >= 0.6 is 11.3 Å². The molecule has 15 heavy (non-hydrogen) atoms. The number of hydrogen-bond acceptors (Lipinski definition) is 3. The van der Waals surface area contributed by atoms with Gasteiger partial charge in [-0.05, 0) is 26.0 Å². The third-order valence-electron chi connectivity index (χ3n) is 2.40. The van der Waals surface area contributed by atoms with Crippen molar-refractivity contribution in [1.29, 1.82) is 0 Å². The fraction of sp³-hybridized carbons (Fsp3) is 0.182.